The van der Waals surface area contributed by atoms with E-state index in [1.54, 1.807) is 37.7 Å². The second-order valence-corrected chi connectivity index (χ2v) is 4.77. The molecule has 1 atom stereocenters. The maximum absolute atomic E-state index is 12.3. The third-order valence-corrected chi connectivity index (χ3v) is 3.28. The van der Waals surface area contributed by atoms with Crippen molar-refractivity contribution in [2.75, 3.05) is 13.7 Å². The van der Waals surface area contributed by atoms with E-state index in [2.05, 4.69) is 10.3 Å². The number of hydrogen-bond acceptors (Lipinski definition) is 4. The molecule has 0 radical (unpaired) electrons. The van der Waals surface area contributed by atoms with Crippen LogP contribution in [0.4, 0.5) is 0 Å². The van der Waals surface area contributed by atoms with Gasteiger partial charge in [0.05, 0.1) is 19.8 Å². The molecule has 1 heterocycles. The van der Waals surface area contributed by atoms with Gasteiger partial charge in [-0.1, -0.05) is 0 Å². The minimum atomic E-state index is -0.161. The molecule has 0 saturated carbocycles. The van der Waals surface area contributed by atoms with E-state index >= 15 is 0 Å². The lowest BCUT2D eigenvalue weighted by atomic mass is 10.1. The van der Waals surface area contributed by atoms with Crippen LogP contribution in [0.25, 0.3) is 0 Å². The van der Waals surface area contributed by atoms with Gasteiger partial charge >= 0.3 is 0 Å². The Morgan fingerprint density at radius 3 is 2.59 bits per heavy atom. The monoisotopic (exact) mass is 300 g/mol. The predicted octanol–water partition coefficient (Wildman–Crippen LogP) is 2.98. The minimum absolute atomic E-state index is 0.104. The lowest BCUT2D eigenvalue weighted by molar-refractivity contribution is 0.0939. The molecule has 0 spiro atoms. The number of carbonyl (C=O) groups excluding carboxylic acids is 1. The third kappa shape index (κ3) is 3.75. The summed E-state index contributed by atoms with van der Waals surface area (Å²) in [5.74, 6) is 1.01. The summed E-state index contributed by atoms with van der Waals surface area (Å²) in [5, 5.41) is 2.95. The molecule has 0 aliphatic heterocycles. The first-order valence-corrected chi connectivity index (χ1v) is 7.17. The summed E-state index contributed by atoms with van der Waals surface area (Å²) in [5.41, 5.74) is 1.53. The molecule has 1 aromatic heterocycles. The molecule has 22 heavy (non-hydrogen) atoms. The molecule has 1 N–H and O–H groups in total. The van der Waals surface area contributed by atoms with Crippen LogP contribution in [0.1, 0.15) is 35.8 Å². The number of carbonyl (C=O) groups is 1. The van der Waals surface area contributed by atoms with Gasteiger partial charge in [0.15, 0.2) is 11.5 Å². The van der Waals surface area contributed by atoms with Crippen molar-refractivity contribution in [3.8, 4) is 11.5 Å². The van der Waals surface area contributed by atoms with Gasteiger partial charge in [-0.3, -0.25) is 9.78 Å². The zero-order valence-electron chi connectivity index (χ0n) is 13.0. The molecule has 116 valence electrons. The zero-order chi connectivity index (χ0) is 15.9. The Kier molecular flexibility index (Phi) is 5.36. The first kappa shape index (κ1) is 15.8. The highest BCUT2D eigenvalue weighted by atomic mass is 16.5. The summed E-state index contributed by atoms with van der Waals surface area (Å²) in [6.07, 6.45) is 3.41. The first-order valence-electron chi connectivity index (χ1n) is 7.17. The van der Waals surface area contributed by atoms with Crippen molar-refractivity contribution in [3.05, 3.63) is 53.9 Å². The molecule has 1 unspecified atom stereocenters. The summed E-state index contributed by atoms with van der Waals surface area (Å²) in [7, 11) is 1.55. The fraction of sp³-hybridized carbons (Fsp3) is 0.294. The van der Waals surface area contributed by atoms with E-state index in [1.165, 1.54) is 0 Å². The van der Waals surface area contributed by atoms with Gasteiger partial charge in [0.2, 0.25) is 0 Å². The largest absolute Gasteiger partial charge is 0.493 e. The number of hydrogen-bond donors (Lipinski definition) is 1. The maximum atomic E-state index is 12.3. The van der Waals surface area contributed by atoms with Crippen molar-refractivity contribution in [1.82, 2.24) is 10.3 Å². The van der Waals surface area contributed by atoms with Crippen LogP contribution in [0.5, 0.6) is 11.5 Å². The Morgan fingerprint density at radius 2 is 1.95 bits per heavy atom. The van der Waals surface area contributed by atoms with Crippen LogP contribution in [-0.2, 0) is 0 Å². The lowest BCUT2D eigenvalue weighted by Gasteiger charge is -2.15. The fourth-order valence-corrected chi connectivity index (χ4v) is 2.10. The average molecular weight is 300 g/mol. The highest BCUT2D eigenvalue weighted by Gasteiger charge is 2.14. The second-order valence-electron chi connectivity index (χ2n) is 4.77. The normalized spacial score (nSPS) is 11.6. The van der Waals surface area contributed by atoms with E-state index in [0.717, 1.165) is 5.56 Å². The summed E-state index contributed by atoms with van der Waals surface area (Å²) in [6, 6.07) is 8.80. The number of nitrogens with zero attached hydrogens (tertiary/aromatic N) is 1. The molecule has 5 heteroatoms. The molecule has 0 saturated heterocycles. The number of pyridine rings is 1. The fourth-order valence-electron chi connectivity index (χ4n) is 2.10. The zero-order valence-corrected chi connectivity index (χ0v) is 13.0. The summed E-state index contributed by atoms with van der Waals surface area (Å²) >= 11 is 0. The molecular formula is C17H20N2O3. The van der Waals surface area contributed by atoms with Crippen molar-refractivity contribution >= 4 is 5.91 Å². The van der Waals surface area contributed by atoms with E-state index in [9.17, 15) is 4.79 Å². The Balaban J connectivity index is 2.12. The highest BCUT2D eigenvalue weighted by Crippen LogP contribution is 2.28. The van der Waals surface area contributed by atoms with Gasteiger partial charge in [-0.05, 0) is 49.7 Å². The summed E-state index contributed by atoms with van der Waals surface area (Å²) in [4.78, 5) is 16.3. The molecular weight excluding hydrogens is 280 g/mol. The molecule has 2 aromatic rings. The van der Waals surface area contributed by atoms with E-state index in [0.29, 0.717) is 23.7 Å². The molecule has 2 rings (SSSR count). The smallest absolute Gasteiger partial charge is 0.251 e. The molecule has 1 amide bonds. The topological polar surface area (TPSA) is 60.5 Å². The second kappa shape index (κ2) is 7.45. The molecule has 5 nitrogen and oxygen atoms in total. The van der Waals surface area contributed by atoms with Crippen LogP contribution in [0.15, 0.2) is 42.7 Å². The van der Waals surface area contributed by atoms with E-state index in [4.69, 9.17) is 9.47 Å². The van der Waals surface area contributed by atoms with Gasteiger partial charge in [-0.25, -0.2) is 0 Å². The predicted molar refractivity (Wildman–Crippen MR) is 84.3 cm³/mol. The van der Waals surface area contributed by atoms with Crippen molar-refractivity contribution in [2.24, 2.45) is 0 Å². The van der Waals surface area contributed by atoms with Gasteiger partial charge in [-0.15, -0.1) is 0 Å². The number of methoxy groups -OCH3 is 1. The summed E-state index contributed by atoms with van der Waals surface area (Å²) in [6.45, 7) is 4.37. The van der Waals surface area contributed by atoms with Gasteiger partial charge in [0.25, 0.3) is 5.91 Å². The van der Waals surface area contributed by atoms with E-state index in [1.807, 2.05) is 26.0 Å². The molecule has 0 aliphatic rings. The molecule has 0 fully saturated rings. The van der Waals surface area contributed by atoms with E-state index in [-0.39, 0.29) is 11.9 Å². The van der Waals surface area contributed by atoms with Gasteiger partial charge in [-0.2, -0.15) is 0 Å². The number of ether oxygens (including phenoxy) is 2. The van der Waals surface area contributed by atoms with Crippen LogP contribution in [0, 0.1) is 0 Å². The number of nitrogens with one attached hydrogen (secondary N) is 1. The van der Waals surface area contributed by atoms with Crippen LogP contribution in [0.3, 0.4) is 0 Å². The van der Waals surface area contributed by atoms with Crippen LogP contribution >= 0.6 is 0 Å². The van der Waals surface area contributed by atoms with Crippen molar-refractivity contribution in [1.29, 1.82) is 0 Å². The van der Waals surface area contributed by atoms with Gasteiger partial charge < -0.3 is 14.8 Å². The van der Waals surface area contributed by atoms with Crippen LogP contribution in [-0.4, -0.2) is 24.6 Å². The maximum Gasteiger partial charge on any atom is 0.251 e. The van der Waals surface area contributed by atoms with Crippen molar-refractivity contribution < 1.29 is 14.3 Å². The summed E-state index contributed by atoms with van der Waals surface area (Å²) < 4.78 is 10.7. The lowest BCUT2D eigenvalue weighted by Crippen LogP contribution is -2.26. The number of rotatable bonds is 6. The minimum Gasteiger partial charge on any atom is -0.493 e. The average Bonchev–Trinajstić information content (AvgIpc) is 2.56. The van der Waals surface area contributed by atoms with Crippen molar-refractivity contribution in [3.63, 3.8) is 0 Å². The van der Waals surface area contributed by atoms with Gasteiger partial charge in [0, 0.05) is 18.0 Å². The Morgan fingerprint density at radius 1 is 1.23 bits per heavy atom. The van der Waals surface area contributed by atoms with Crippen molar-refractivity contribution in [2.45, 2.75) is 19.9 Å². The SMILES string of the molecule is CCOc1ccc(C(=O)NC(C)c2ccncc2)cc1OC. The Labute approximate surface area is 130 Å². The standard InChI is InChI=1S/C17H20N2O3/c1-4-22-15-6-5-14(11-16(15)21-3)17(20)19-12(2)13-7-9-18-10-8-13/h5-12H,4H2,1-3H3,(H,19,20). The van der Waals surface area contributed by atoms with Gasteiger partial charge in [0.1, 0.15) is 0 Å². The van der Waals surface area contributed by atoms with Crippen LogP contribution in [0.2, 0.25) is 0 Å². The quantitative estimate of drug-likeness (QED) is 0.891. The van der Waals surface area contributed by atoms with Crippen LogP contribution < -0.4 is 14.8 Å². The number of amides is 1. The number of aromatic nitrogens is 1. The third-order valence-electron chi connectivity index (χ3n) is 3.28. The molecule has 0 bridgehead atoms. The Hall–Kier alpha value is -2.56. The van der Waals surface area contributed by atoms with E-state index < -0.39 is 0 Å². The molecule has 1 aromatic carbocycles. The Bertz CT molecular complexity index is 629. The number of benzene rings is 1. The highest BCUT2D eigenvalue weighted by molar-refractivity contribution is 5.95. The molecule has 0 aliphatic carbocycles. The first-order chi connectivity index (χ1) is 10.7.